The van der Waals surface area contributed by atoms with Crippen molar-refractivity contribution in [1.82, 2.24) is 10.6 Å². The summed E-state index contributed by atoms with van der Waals surface area (Å²) in [5.41, 5.74) is 5.39. The molecule has 0 aromatic heterocycles. The Kier molecular flexibility index (Phi) is 15.9. The first kappa shape index (κ1) is 37.4. The third-order valence-electron chi connectivity index (χ3n) is 6.52. The van der Waals surface area contributed by atoms with E-state index in [1.807, 2.05) is 68.4 Å². The lowest BCUT2D eigenvalue weighted by molar-refractivity contribution is -0.140. The fourth-order valence-corrected chi connectivity index (χ4v) is 4.30. The van der Waals surface area contributed by atoms with Crippen LogP contribution in [-0.2, 0) is 19.1 Å². The van der Waals surface area contributed by atoms with Crippen molar-refractivity contribution in [3.8, 4) is 11.1 Å². The molecule has 10 nitrogen and oxygen atoms in total. The molecule has 0 atom stereocenters. The van der Waals surface area contributed by atoms with E-state index < -0.39 is 19.1 Å². The first-order chi connectivity index (χ1) is 22.0. The Morgan fingerprint density at radius 1 is 0.652 bits per heavy atom. The smallest absolute Gasteiger partial charge is 0.468 e. The molecule has 46 heavy (non-hydrogen) atoms. The first-order valence-corrected chi connectivity index (χ1v) is 14.8. The largest absolute Gasteiger partial charge is 0.488 e. The van der Waals surface area contributed by atoms with Gasteiger partial charge in [-0.1, -0.05) is 94.8 Å². The van der Waals surface area contributed by atoms with E-state index in [0.717, 1.165) is 26.7 Å². The van der Waals surface area contributed by atoms with Crippen molar-refractivity contribution in [3.05, 3.63) is 124 Å². The summed E-state index contributed by atoms with van der Waals surface area (Å²) < 4.78 is 9.79. The minimum absolute atomic E-state index is 0.124. The Bertz CT molecular complexity index is 1600. The lowest BCUT2D eigenvalue weighted by Gasteiger charge is -2.11. The van der Waals surface area contributed by atoms with E-state index >= 15 is 0 Å². The molecule has 0 spiro atoms. The van der Waals surface area contributed by atoms with Gasteiger partial charge in [0.15, 0.2) is 0 Å². The molecule has 0 heterocycles. The first-order valence-electron chi connectivity index (χ1n) is 14.0. The average Bonchev–Trinajstić information content (AvgIpc) is 3.08. The molecule has 0 unspecified atom stereocenters. The number of carbonyl (C=O) groups excluding carboxylic acids is 4. The molecule has 0 saturated heterocycles. The average molecular weight is 691 g/mol. The van der Waals surface area contributed by atoms with Crippen molar-refractivity contribution in [3.63, 3.8) is 0 Å². The molecule has 240 valence electrons. The summed E-state index contributed by atoms with van der Waals surface area (Å²) in [4.78, 5) is 45.8. The maximum atomic E-state index is 12.2. The van der Waals surface area contributed by atoms with Crippen molar-refractivity contribution in [2.75, 3.05) is 27.3 Å². The molecule has 0 saturated carbocycles. The zero-order valence-electron chi connectivity index (χ0n) is 26.0. The zero-order valence-corrected chi connectivity index (χ0v) is 27.5. The van der Waals surface area contributed by atoms with Crippen molar-refractivity contribution < 1.29 is 38.7 Å². The summed E-state index contributed by atoms with van der Waals surface area (Å²) in [6, 6.07) is 29.4. The molecule has 4 aromatic carbocycles. The van der Waals surface area contributed by atoms with Crippen LogP contribution >= 0.6 is 15.9 Å². The fourth-order valence-electron chi connectivity index (χ4n) is 3.93. The van der Waals surface area contributed by atoms with Crippen molar-refractivity contribution >= 4 is 52.3 Å². The summed E-state index contributed by atoms with van der Waals surface area (Å²) >= 11 is 3.34. The highest BCUT2D eigenvalue weighted by Gasteiger charge is 2.14. The Balaban J connectivity index is 0.000000260. The molecule has 0 aliphatic rings. The maximum absolute atomic E-state index is 12.2. The van der Waals surface area contributed by atoms with Crippen LogP contribution in [0.25, 0.3) is 11.1 Å². The fraction of sp³-hybridized carbons (Fsp3) is 0.176. The van der Waals surface area contributed by atoms with Gasteiger partial charge in [0.25, 0.3) is 11.8 Å². The van der Waals surface area contributed by atoms with Crippen LogP contribution in [0.5, 0.6) is 0 Å². The maximum Gasteiger partial charge on any atom is 0.488 e. The van der Waals surface area contributed by atoms with Crippen LogP contribution in [0.15, 0.2) is 102 Å². The van der Waals surface area contributed by atoms with Gasteiger partial charge in [-0.3, -0.25) is 19.2 Å². The van der Waals surface area contributed by atoms with Crippen LogP contribution in [0.2, 0.25) is 0 Å². The minimum Gasteiger partial charge on any atom is -0.468 e. The number of ether oxygens (including phenoxy) is 2. The standard InChI is InChI=1S/C17H17NO3.C11H12BrNO3.C6H7BO2/c1-12-14(13-7-4-3-5-8-13)9-6-10-15(12)17(20)18-11-16(19)21-2;1-7-8(4-3-5-9(7)12)11(15)13-6-10(14)16-2;8-7(9)6-4-2-1-3-5-6/h3-10H,11H2,1-2H3,(H,18,20);3-5H,6H2,1-2H3,(H,13,15);1-5,8-9H. The molecule has 0 fully saturated rings. The van der Waals surface area contributed by atoms with E-state index in [0.29, 0.717) is 16.6 Å². The van der Waals surface area contributed by atoms with Crippen LogP contribution in [0.1, 0.15) is 31.8 Å². The number of benzene rings is 4. The zero-order chi connectivity index (χ0) is 34.1. The minimum atomic E-state index is -1.34. The highest BCUT2D eigenvalue weighted by atomic mass is 79.9. The number of hydrogen-bond donors (Lipinski definition) is 4. The van der Waals surface area contributed by atoms with Crippen LogP contribution in [0.3, 0.4) is 0 Å². The monoisotopic (exact) mass is 690 g/mol. The summed E-state index contributed by atoms with van der Waals surface area (Å²) in [6.45, 7) is 3.47. The van der Waals surface area contributed by atoms with Crippen molar-refractivity contribution in [2.24, 2.45) is 0 Å². The van der Waals surface area contributed by atoms with E-state index in [1.54, 1.807) is 42.5 Å². The molecular formula is C34H36BBrN2O8. The lowest BCUT2D eigenvalue weighted by Crippen LogP contribution is -2.30. The molecule has 4 N–H and O–H groups in total. The number of carbonyl (C=O) groups is 4. The van der Waals surface area contributed by atoms with E-state index in [-0.39, 0.29) is 24.9 Å². The van der Waals surface area contributed by atoms with Crippen molar-refractivity contribution in [1.29, 1.82) is 0 Å². The van der Waals surface area contributed by atoms with Gasteiger partial charge in [0, 0.05) is 15.6 Å². The van der Waals surface area contributed by atoms with Crippen LogP contribution < -0.4 is 16.1 Å². The number of hydrogen-bond acceptors (Lipinski definition) is 8. The van der Waals surface area contributed by atoms with E-state index in [1.165, 1.54) is 14.2 Å². The van der Waals surface area contributed by atoms with Gasteiger partial charge in [-0.05, 0) is 59.8 Å². The molecule has 0 bridgehead atoms. The number of nitrogens with one attached hydrogen (secondary N) is 2. The number of amides is 2. The second kappa shape index (κ2) is 19.6. The third kappa shape index (κ3) is 12.0. The van der Waals surface area contributed by atoms with Crippen LogP contribution in [0.4, 0.5) is 0 Å². The summed E-state index contributed by atoms with van der Waals surface area (Å²) in [5, 5.41) is 22.2. The molecule has 0 radical (unpaired) electrons. The summed E-state index contributed by atoms with van der Waals surface area (Å²) in [5.74, 6) is -1.51. The molecule has 12 heteroatoms. The third-order valence-corrected chi connectivity index (χ3v) is 7.37. The SMILES string of the molecule is COC(=O)CNC(=O)c1cccc(-c2ccccc2)c1C.COC(=O)CNC(=O)c1cccc(Br)c1C.OB(O)c1ccccc1. The quantitative estimate of drug-likeness (QED) is 0.162. The van der Waals surface area contributed by atoms with Gasteiger partial charge >= 0.3 is 19.1 Å². The lowest BCUT2D eigenvalue weighted by atomic mass is 9.81. The van der Waals surface area contributed by atoms with Crippen LogP contribution in [0, 0.1) is 13.8 Å². The van der Waals surface area contributed by atoms with Crippen molar-refractivity contribution in [2.45, 2.75) is 13.8 Å². The highest BCUT2D eigenvalue weighted by Crippen LogP contribution is 2.25. The highest BCUT2D eigenvalue weighted by molar-refractivity contribution is 9.10. The second-order valence-corrected chi connectivity index (χ2v) is 10.4. The molecular weight excluding hydrogens is 655 g/mol. The van der Waals surface area contributed by atoms with E-state index in [4.69, 9.17) is 10.0 Å². The van der Waals surface area contributed by atoms with Gasteiger partial charge in [0.1, 0.15) is 13.1 Å². The Morgan fingerprint density at radius 3 is 1.57 bits per heavy atom. The number of methoxy groups -OCH3 is 2. The van der Waals surface area contributed by atoms with E-state index in [2.05, 4.69) is 36.0 Å². The summed E-state index contributed by atoms with van der Waals surface area (Å²) in [7, 11) is 1.22. The predicted octanol–water partition coefficient (Wildman–Crippen LogP) is 3.59. The predicted molar refractivity (Wildman–Crippen MR) is 180 cm³/mol. The van der Waals surface area contributed by atoms with Crippen LogP contribution in [-0.4, -0.2) is 68.2 Å². The van der Waals surface area contributed by atoms with Gasteiger partial charge in [-0.2, -0.15) is 0 Å². The number of esters is 2. The normalized spacial score (nSPS) is 9.72. The topological polar surface area (TPSA) is 151 Å². The van der Waals surface area contributed by atoms with Gasteiger partial charge in [0.2, 0.25) is 0 Å². The molecule has 4 rings (SSSR count). The number of rotatable bonds is 8. The van der Waals surface area contributed by atoms with Gasteiger partial charge < -0.3 is 30.2 Å². The number of halogens is 1. The molecule has 0 aliphatic heterocycles. The summed E-state index contributed by atoms with van der Waals surface area (Å²) in [6.07, 6.45) is 0. The Morgan fingerprint density at radius 2 is 1.11 bits per heavy atom. The van der Waals surface area contributed by atoms with E-state index in [9.17, 15) is 19.2 Å². The molecule has 0 aliphatic carbocycles. The molecule has 2 amide bonds. The Labute approximate surface area is 277 Å². The van der Waals surface area contributed by atoms with Gasteiger partial charge in [-0.25, -0.2) is 0 Å². The van der Waals surface area contributed by atoms with Gasteiger partial charge in [0.05, 0.1) is 14.2 Å². The molecule has 4 aromatic rings. The second-order valence-electron chi connectivity index (χ2n) is 9.56. The Hall–Kier alpha value is -4.78. The van der Waals surface area contributed by atoms with Gasteiger partial charge in [-0.15, -0.1) is 0 Å².